The van der Waals surface area contributed by atoms with Gasteiger partial charge < -0.3 is 19.7 Å². The Labute approximate surface area is 182 Å². The third-order valence-electron chi connectivity index (χ3n) is 3.46. The molecule has 160 valence electrons. The summed E-state index contributed by atoms with van der Waals surface area (Å²) >= 11 is 11.9. The van der Waals surface area contributed by atoms with E-state index in [1.54, 1.807) is 13.8 Å². The monoisotopic (exact) mass is 454 g/mol. The van der Waals surface area contributed by atoms with Gasteiger partial charge in [0.05, 0.1) is 35.7 Å². The van der Waals surface area contributed by atoms with Gasteiger partial charge >= 0.3 is 6.03 Å². The fourth-order valence-electron chi connectivity index (χ4n) is 2.22. The molecule has 2 amide bonds. The lowest BCUT2D eigenvalue weighted by molar-refractivity contribution is 0.242. The second-order valence-electron chi connectivity index (χ2n) is 5.63. The third-order valence-corrected chi connectivity index (χ3v) is 4.04. The van der Waals surface area contributed by atoms with Crippen molar-refractivity contribution in [2.45, 2.75) is 13.8 Å². The lowest BCUT2D eigenvalue weighted by Crippen LogP contribution is -2.28. The number of aromatic hydroxyl groups is 2. The topological polar surface area (TPSA) is 125 Å². The van der Waals surface area contributed by atoms with Crippen molar-refractivity contribution in [2.75, 3.05) is 13.2 Å². The molecule has 0 saturated carbocycles. The molecule has 0 bridgehead atoms. The van der Waals surface area contributed by atoms with E-state index in [-0.39, 0.29) is 33.0 Å². The van der Waals surface area contributed by atoms with Crippen LogP contribution in [0.25, 0.3) is 0 Å². The lowest BCUT2D eigenvalue weighted by atomic mass is 10.2. The molecule has 4 N–H and O–H groups in total. The molecule has 30 heavy (non-hydrogen) atoms. The van der Waals surface area contributed by atoms with Crippen LogP contribution in [-0.2, 0) is 0 Å². The fraction of sp³-hybridized carbons (Fsp3) is 0.211. The fourth-order valence-corrected chi connectivity index (χ4v) is 2.66. The molecule has 0 aliphatic rings. The molecule has 2 rings (SSSR count). The van der Waals surface area contributed by atoms with Crippen LogP contribution in [0.15, 0.2) is 34.5 Å². The molecular formula is C19H20Cl2N4O5. The van der Waals surface area contributed by atoms with Crippen LogP contribution in [0.3, 0.4) is 0 Å². The minimum atomic E-state index is -0.702. The summed E-state index contributed by atoms with van der Waals surface area (Å²) in [7, 11) is 0. The second-order valence-corrected chi connectivity index (χ2v) is 6.45. The van der Waals surface area contributed by atoms with Gasteiger partial charge in [-0.15, -0.1) is 0 Å². The number of amides is 2. The van der Waals surface area contributed by atoms with Crippen LogP contribution in [0.2, 0.25) is 10.0 Å². The van der Waals surface area contributed by atoms with Gasteiger partial charge in [-0.3, -0.25) is 0 Å². The number of phenols is 2. The Bertz CT molecular complexity index is 891. The van der Waals surface area contributed by atoms with Gasteiger partial charge in [0.25, 0.3) is 0 Å². The van der Waals surface area contributed by atoms with Crippen molar-refractivity contribution >= 4 is 41.7 Å². The van der Waals surface area contributed by atoms with Gasteiger partial charge in [0.15, 0.2) is 23.0 Å². The number of carbonyl (C=O) groups is 1. The number of ether oxygens (including phenoxy) is 2. The minimum absolute atomic E-state index is 0.0930. The molecule has 2 aromatic rings. The van der Waals surface area contributed by atoms with E-state index in [1.165, 1.54) is 36.7 Å². The highest BCUT2D eigenvalue weighted by atomic mass is 35.5. The Morgan fingerprint density at radius 2 is 1.30 bits per heavy atom. The summed E-state index contributed by atoms with van der Waals surface area (Å²) in [6.45, 7) is 4.23. The summed E-state index contributed by atoms with van der Waals surface area (Å²) in [5.41, 5.74) is 5.46. The maximum Gasteiger partial charge on any atom is 0.355 e. The van der Waals surface area contributed by atoms with E-state index in [1.807, 2.05) is 0 Å². The normalized spacial score (nSPS) is 11.1. The van der Waals surface area contributed by atoms with E-state index in [9.17, 15) is 15.0 Å². The maximum absolute atomic E-state index is 11.8. The number of hydrazone groups is 2. The van der Waals surface area contributed by atoms with Crippen LogP contribution in [0.4, 0.5) is 4.79 Å². The number of halogens is 2. The van der Waals surface area contributed by atoms with Crippen molar-refractivity contribution in [3.8, 4) is 23.0 Å². The van der Waals surface area contributed by atoms with E-state index in [0.29, 0.717) is 24.3 Å². The van der Waals surface area contributed by atoms with Crippen molar-refractivity contribution in [1.29, 1.82) is 0 Å². The zero-order chi connectivity index (χ0) is 22.1. The highest BCUT2D eigenvalue weighted by Crippen LogP contribution is 2.35. The number of phenolic OH excluding ortho intramolecular Hbond substituents is 2. The molecule has 0 aromatic heterocycles. The zero-order valence-electron chi connectivity index (χ0n) is 16.1. The van der Waals surface area contributed by atoms with Gasteiger partial charge in [-0.2, -0.15) is 10.2 Å². The van der Waals surface area contributed by atoms with Gasteiger partial charge in [-0.1, -0.05) is 23.2 Å². The standard InChI is InChI=1S/C19H20Cl2N4O5/c1-3-29-15-7-11(5-13(20)17(15)26)9-22-24-19(28)25-23-10-12-6-14(21)18(27)16(8-12)30-4-2/h5-10,26-27H,3-4H2,1-2H3,(H2,24,25,28). The predicted molar refractivity (Wildman–Crippen MR) is 115 cm³/mol. The van der Waals surface area contributed by atoms with Gasteiger partial charge in [-0.25, -0.2) is 15.6 Å². The van der Waals surface area contributed by atoms with E-state index >= 15 is 0 Å². The molecule has 9 nitrogen and oxygen atoms in total. The van der Waals surface area contributed by atoms with Crippen molar-refractivity contribution in [3.05, 3.63) is 45.4 Å². The Kier molecular flexibility index (Phi) is 8.57. The average Bonchev–Trinajstić information content (AvgIpc) is 2.69. The SMILES string of the molecule is CCOc1cc(C=NNC(=O)NN=Cc2cc(Cl)c(O)c(OCC)c2)cc(Cl)c1O. The molecule has 0 aliphatic carbocycles. The van der Waals surface area contributed by atoms with Crippen LogP contribution in [0, 0.1) is 0 Å². The van der Waals surface area contributed by atoms with Crippen molar-refractivity contribution in [2.24, 2.45) is 10.2 Å². The number of nitrogens with one attached hydrogen (secondary N) is 2. The molecule has 0 aliphatic heterocycles. The zero-order valence-corrected chi connectivity index (χ0v) is 17.7. The van der Waals surface area contributed by atoms with Crippen LogP contribution in [0.5, 0.6) is 23.0 Å². The summed E-state index contributed by atoms with van der Waals surface area (Å²) in [5, 5.41) is 27.4. The van der Waals surface area contributed by atoms with Crippen molar-refractivity contribution < 1.29 is 24.5 Å². The molecule has 0 heterocycles. The third kappa shape index (κ3) is 6.43. The number of hydrogen-bond donors (Lipinski definition) is 4. The Hall–Kier alpha value is -3.17. The Morgan fingerprint density at radius 3 is 1.67 bits per heavy atom. The van der Waals surface area contributed by atoms with Gasteiger partial charge in [0, 0.05) is 0 Å². The second kappa shape index (κ2) is 11.1. The van der Waals surface area contributed by atoms with Crippen molar-refractivity contribution in [1.82, 2.24) is 10.9 Å². The van der Waals surface area contributed by atoms with Gasteiger partial charge in [-0.05, 0) is 49.2 Å². The molecular weight excluding hydrogens is 435 g/mol. The summed E-state index contributed by atoms with van der Waals surface area (Å²) < 4.78 is 10.5. The summed E-state index contributed by atoms with van der Waals surface area (Å²) in [5.74, 6) is 0.0778. The smallest absolute Gasteiger partial charge is 0.355 e. The van der Waals surface area contributed by atoms with Crippen LogP contribution < -0.4 is 20.3 Å². The highest BCUT2D eigenvalue weighted by molar-refractivity contribution is 6.32. The van der Waals surface area contributed by atoms with Crippen LogP contribution in [-0.4, -0.2) is 41.9 Å². The van der Waals surface area contributed by atoms with E-state index in [2.05, 4.69) is 21.1 Å². The van der Waals surface area contributed by atoms with Gasteiger partial charge in [0.2, 0.25) is 0 Å². The number of urea groups is 1. The number of nitrogens with zero attached hydrogens (tertiary/aromatic N) is 2. The first-order valence-electron chi connectivity index (χ1n) is 8.78. The molecule has 11 heteroatoms. The van der Waals surface area contributed by atoms with Crippen LogP contribution in [0.1, 0.15) is 25.0 Å². The molecule has 0 radical (unpaired) electrons. The number of rotatable bonds is 8. The predicted octanol–water partition coefficient (Wildman–Crippen LogP) is 3.87. The molecule has 0 spiro atoms. The first-order chi connectivity index (χ1) is 14.3. The molecule has 0 atom stereocenters. The van der Waals surface area contributed by atoms with Gasteiger partial charge in [0.1, 0.15) is 0 Å². The minimum Gasteiger partial charge on any atom is -0.503 e. The van der Waals surface area contributed by atoms with Crippen molar-refractivity contribution in [3.63, 3.8) is 0 Å². The van der Waals surface area contributed by atoms with E-state index < -0.39 is 6.03 Å². The number of hydrogen-bond acceptors (Lipinski definition) is 7. The molecule has 2 aromatic carbocycles. The average molecular weight is 455 g/mol. The highest BCUT2D eigenvalue weighted by Gasteiger charge is 2.10. The summed E-state index contributed by atoms with van der Waals surface area (Å²) in [6.07, 6.45) is 2.65. The Balaban J connectivity index is 1.95. The molecule has 0 fully saturated rings. The molecule has 0 saturated heterocycles. The van der Waals surface area contributed by atoms with E-state index in [4.69, 9.17) is 32.7 Å². The lowest BCUT2D eigenvalue weighted by Gasteiger charge is -2.08. The largest absolute Gasteiger partial charge is 0.503 e. The maximum atomic E-state index is 11.8. The summed E-state index contributed by atoms with van der Waals surface area (Å²) in [4.78, 5) is 11.8. The van der Waals surface area contributed by atoms with E-state index in [0.717, 1.165) is 0 Å². The first kappa shape index (κ1) is 23.1. The summed E-state index contributed by atoms with van der Waals surface area (Å²) in [6, 6.07) is 5.27. The molecule has 0 unspecified atom stereocenters. The quantitative estimate of drug-likeness (QED) is 0.355. The van der Waals surface area contributed by atoms with Crippen LogP contribution >= 0.6 is 23.2 Å². The number of carbonyl (C=O) groups excluding carboxylic acids is 1. The number of benzene rings is 2. The Morgan fingerprint density at radius 1 is 0.900 bits per heavy atom. The first-order valence-corrected chi connectivity index (χ1v) is 9.54.